The summed E-state index contributed by atoms with van der Waals surface area (Å²) in [5, 5.41) is 0. The maximum absolute atomic E-state index is 5.39. The third-order valence-corrected chi connectivity index (χ3v) is 3.10. The average Bonchev–Trinajstić information content (AvgIpc) is 2.34. The molecule has 2 unspecified atom stereocenters. The second kappa shape index (κ2) is 3.47. The summed E-state index contributed by atoms with van der Waals surface area (Å²) < 4.78 is 0. The van der Waals surface area contributed by atoms with Gasteiger partial charge < -0.3 is 0 Å². The van der Waals surface area contributed by atoms with Crippen LogP contribution in [0.2, 0.25) is 0 Å². The fourth-order valence-electron chi connectivity index (χ4n) is 2.25. The van der Waals surface area contributed by atoms with E-state index in [1.54, 1.807) is 0 Å². The molecule has 0 amide bonds. The van der Waals surface area contributed by atoms with Gasteiger partial charge in [0, 0.05) is 0 Å². The Morgan fingerprint density at radius 1 is 1.67 bits per heavy atom. The Bertz CT molecular complexity index is 191. The van der Waals surface area contributed by atoms with Crippen LogP contribution >= 0.6 is 0 Å². The van der Waals surface area contributed by atoms with E-state index >= 15 is 0 Å². The molecule has 1 aliphatic carbocycles. The van der Waals surface area contributed by atoms with Crippen LogP contribution in [0.1, 0.15) is 33.1 Å². The molecule has 0 spiro atoms. The number of nitrogens with two attached hydrogens (primary N) is 1. The van der Waals surface area contributed by atoms with E-state index in [1.807, 2.05) is 0 Å². The Morgan fingerprint density at radius 2 is 2.33 bits per heavy atom. The normalized spacial score (nSPS) is 29.7. The third-order valence-electron chi connectivity index (χ3n) is 3.10. The molecule has 68 valence electrons. The molecule has 1 aliphatic rings. The Balaban J connectivity index is 2.68. The molecule has 1 rings (SSSR count). The van der Waals surface area contributed by atoms with Crippen LogP contribution in [0.3, 0.4) is 0 Å². The van der Waals surface area contributed by atoms with E-state index in [2.05, 4.69) is 25.2 Å². The minimum atomic E-state index is 0.0440. The number of hydrogen-bond donors (Lipinski definition) is 2. The zero-order valence-corrected chi connectivity index (χ0v) is 7.93. The van der Waals surface area contributed by atoms with Gasteiger partial charge in [-0.25, -0.2) is 5.43 Å². The maximum Gasteiger partial charge on any atom is 0.0848 e. The van der Waals surface area contributed by atoms with E-state index in [4.69, 9.17) is 12.3 Å². The second-order valence-corrected chi connectivity index (χ2v) is 4.30. The lowest BCUT2D eigenvalue weighted by molar-refractivity contribution is 0.225. The Labute approximate surface area is 74.9 Å². The van der Waals surface area contributed by atoms with Crippen molar-refractivity contribution in [3.8, 4) is 12.3 Å². The molecule has 0 aromatic carbocycles. The number of nitrogens with one attached hydrogen (secondary N) is 1. The van der Waals surface area contributed by atoms with Gasteiger partial charge in [-0.1, -0.05) is 26.2 Å². The zero-order chi connectivity index (χ0) is 9.19. The first kappa shape index (κ1) is 9.57. The van der Waals surface area contributed by atoms with Gasteiger partial charge in [0.15, 0.2) is 0 Å². The molecule has 1 fully saturated rings. The van der Waals surface area contributed by atoms with Gasteiger partial charge in [-0.3, -0.25) is 5.84 Å². The summed E-state index contributed by atoms with van der Waals surface area (Å²) >= 11 is 0. The maximum atomic E-state index is 5.39. The van der Waals surface area contributed by atoms with Gasteiger partial charge >= 0.3 is 0 Å². The largest absolute Gasteiger partial charge is 0.270 e. The van der Waals surface area contributed by atoms with Crippen molar-refractivity contribution < 1.29 is 0 Å². The molecule has 0 heterocycles. The molecule has 2 atom stereocenters. The van der Waals surface area contributed by atoms with Crippen LogP contribution in [0.4, 0.5) is 0 Å². The predicted molar refractivity (Wildman–Crippen MR) is 51.1 cm³/mol. The van der Waals surface area contributed by atoms with Gasteiger partial charge in [0.1, 0.15) is 0 Å². The van der Waals surface area contributed by atoms with Crippen LogP contribution < -0.4 is 11.3 Å². The van der Waals surface area contributed by atoms with Crippen molar-refractivity contribution in [2.24, 2.45) is 17.2 Å². The van der Waals surface area contributed by atoms with Gasteiger partial charge in [0.2, 0.25) is 0 Å². The Morgan fingerprint density at radius 3 is 2.67 bits per heavy atom. The molecule has 0 saturated heterocycles. The summed E-state index contributed by atoms with van der Waals surface area (Å²) in [5.74, 6) is 8.64. The van der Waals surface area contributed by atoms with Crippen LogP contribution in [-0.2, 0) is 0 Å². The minimum Gasteiger partial charge on any atom is -0.270 e. The van der Waals surface area contributed by atoms with Crippen molar-refractivity contribution in [1.29, 1.82) is 0 Å². The summed E-state index contributed by atoms with van der Waals surface area (Å²) in [6.07, 6.45) is 9.13. The summed E-state index contributed by atoms with van der Waals surface area (Å²) in [7, 11) is 0. The molecule has 1 saturated carbocycles. The summed E-state index contributed by atoms with van der Waals surface area (Å²) in [4.78, 5) is 0. The molecule has 2 heteroatoms. The van der Waals surface area contributed by atoms with Crippen molar-refractivity contribution in [2.75, 3.05) is 0 Å². The fraction of sp³-hybridized carbons (Fsp3) is 0.800. The average molecular weight is 166 g/mol. The molecule has 0 aromatic rings. The number of hydrogen-bond acceptors (Lipinski definition) is 2. The highest BCUT2D eigenvalue weighted by atomic mass is 15.2. The van der Waals surface area contributed by atoms with Crippen LogP contribution in [-0.4, -0.2) is 6.04 Å². The molecule has 0 radical (unpaired) electrons. The highest BCUT2D eigenvalue weighted by Gasteiger charge is 2.38. The summed E-state index contributed by atoms with van der Waals surface area (Å²) in [5.41, 5.74) is 3.06. The van der Waals surface area contributed by atoms with E-state index in [0.717, 1.165) is 0 Å². The first-order valence-corrected chi connectivity index (χ1v) is 4.54. The Hall–Kier alpha value is -0.520. The molecule has 0 bridgehead atoms. The number of hydrazine groups is 1. The van der Waals surface area contributed by atoms with Gasteiger partial charge in [0.05, 0.1) is 6.04 Å². The molecular formula is C10H18N2. The zero-order valence-electron chi connectivity index (χ0n) is 7.93. The topological polar surface area (TPSA) is 38.0 Å². The lowest BCUT2D eigenvalue weighted by Gasteiger charge is -2.30. The fourth-order valence-corrected chi connectivity index (χ4v) is 2.25. The lowest BCUT2D eigenvalue weighted by Crippen LogP contribution is -2.43. The highest BCUT2D eigenvalue weighted by molar-refractivity contribution is 5.06. The molecule has 2 nitrogen and oxygen atoms in total. The standard InChI is InChI=1S/C10H18N2/c1-4-9(12-11)8-6-5-7-10(8,2)3/h1,8-9,12H,5-7,11H2,2-3H3. The van der Waals surface area contributed by atoms with Gasteiger partial charge in [0.25, 0.3) is 0 Å². The van der Waals surface area contributed by atoms with Gasteiger partial charge in [-0.15, -0.1) is 6.42 Å². The van der Waals surface area contributed by atoms with Crippen molar-refractivity contribution in [2.45, 2.75) is 39.2 Å². The van der Waals surface area contributed by atoms with E-state index in [9.17, 15) is 0 Å². The summed E-state index contributed by atoms with van der Waals surface area (Å²) in [6.45, 7) is 4.54. The minimum absolute atomic E-state index is 0.0440. The quantitative estimate of drug-likeness (QED) is 0.368. The molecule has 0 aliphatic heterocycles. The van der Waals surface area contributed by atoms with Crippen molar-refractivity contribution >= 4 is 0 Å². The monoisotopic (exact) mass is 166 g/mol. The predicted octanol–water partition coefficient (Wildman–Crippen LogP) is 1.28. The van der Waals surface area contributed by atoms with Crippen LogP contribution in [0.5, 0.6) is 0 Å². The highest BCUT2D eigenvalue weighted by Crippen LogP contribution is 2.43. The third kappa shape index (κ3) is 1.63. The molecule has 3 N–H and O–H groups in total. The number of terminal acetylenes is 1. The molecule has 0 aromatic heterocycles. The summed E-state index contributed by atoms with van der Waals surface area (Å²) in [6, 6.07) is 0.0440. The van der Waals surface area contributed by atoms with Crippen molar-refractivity contribution in [1.82, 2.24) is 5.43 Å². The lowest BCUT2D eigenvalue weighted by atomic mass is 9.78. The molecule has 12 heavy (non-hydrogen) atoms. The van der Waals surface area contributed by atoms with Crippen LogP contribution in [0.25, 0.3) is 0 Å². The van der Waals surface area contributed by atoms with Crippen molar-refractivity contribution in [3.63, 3.8) is 0 Å². The van der Waals surface area contributed by atoms with Gasteiger partial charge in [-0.05, 0) is 24.2 Å². The van der Waals surface area contributed by atoms with E-state index in [-0.39, 0.29) is 6.04 Å². The van der Waals surface area contributed by atoms with E-state index in [0.29, 0.717) is 11.3 Å². The first-order valence-electron chi connectivity index (χ1n) is 4.54. The van der Waals surface area contributed by atoms with E-state index in [1.165, 1.54) is 19.3 Å². The number of rotatable bonds is 2. The van der Waals surface area contributed by atoms with Crippen LogP contribution in [0, 0.1) is 23.7 Å². The SMILES string of the molecule is C#CC(NN)C1CCCC1(C)C. The van der Waals surface area contributed by atoms with Crippen molar-refractivity contribution in [3.05, 3.63) is 0 Å². The second-order valence-electron chi connectivity index (χ2n) is 4.30. The Kier molecular flexibility index (Phi) is 2.76. The van der Waals surface area contributed by atoms with Crippen LogP contribution in [0.15, 0.2) is 0 Å². The first-order chi connectivity index (χ1) is 5.61. The molecular weight excluding hydrogens is 148 g/mol. The van der Waals surface area contributed by atoms with Gasteiger partial charge in [-0.2, -0.15) is 0 Å². The van der Waals surface area contributed by atoms with E-state index < -0.39 is 0 Å². The smallest absolute Gasteiger partial charge is 0.0848 e.